The monoisotopic (exact) mass is 390 g/mol. The van der Waals surface area contributed by atoms with Crippen LogP contribution in [0.25, 0.3) is 0 Å². The molecule has 0 amide bonds. The van der Waals surface area contributed by atoms with Crippen LogP contribution in [0.1, 0.15) is 27.6 Å². The van der Waals surface area contributed by atoms with Gasteiger partial charge in [0.15, 0.2) is 17.6 Å². The van der Waals surface area contributed by atoms with Gasteiger partial charge < -0.3 is 14.2 Å². The first-order valence-electron chi connectivity index (χ1n) is 9.17. The molecule has 0 unspecified atom stereocenters. The van der Waals surface area contributed by atoms with Gasteiger partial charge in [-0.05, 0) is 17.7 Å². The number of methoxy groups -OCH3 is 2. The summed E-state index contributed by atoms with van der Waals surface area (Å²) in [6, 6.07) is 23.0. The average Bonchev–Trinajstić information content (AvgIpc) is 2.78. The second kappa shape index (κ2) is 9.55. The Morgan fingerprint density at radius 2 is 1.41 bits per heavy atom. The standard InChI is InChI=1S/C24H22O5/c1-27-20-14-13-17(15-21(20)28-2)16-22(25)29-24(19-11-7-4-8-12-19)23(26)18-9-5-3-6-10-18/h3-15,24H,16H2,1-2H3/t24-/m1/s1. The second-order valence-electron chi connectivity index (χ2n) is 6.38. The van der Waals surface area contributed by atoms with Crippen LogP contribution in [0, 0.1) is 0 Å². The number of carbonyl (C=O) groups excluding carboxylic acids is 2. The molecule has 0 N–H and O–H groups in total. The Morgan fingerprint density at radius 3 is 2.03 bits per heavy atom. The third kappa shape index (κ3) is 5.02. The second-order valence-corrected chi connectivity index (χ2v) is 6.38. The molecule has 148 valence electrons. The van der Waals surface area contributed by atoms with Gasteiger partial charge in [0.1, 0.15) is 0 Å². The van der Waals surface area contributed by atoms with Crippen molar-refractivity contribution in [1.82, 2.24) is 0 Å². The van der Waals surface area contributed by atoms with E-state index in [0.717, 1.165) is 0 Å². The smallest absolute Gasteiger partial charge is 0.311 e. The van der Waals surface area contributed by atoms with E-state index in [1.165, 1.54) is 7.11 Å². The van der Waals surface area contributed by atoms with Crippen molar-refractivity contribution in [2.75, 3.05) is 14.2 Å². The lowest BCUT2D eigenvalue weighted by Gasteiger charge is -2.18. The molecule has 0 spiro atoms. The van der Waals surface area contributed by atoms with Gasteiger partial charge in [0, 0.05) is 11.1 Å². The molecule has 5 nitrogen and oxygen atoms in total. The summed E-state index contributed by atoms with van der Waals surface area (Å²) in [4.78, 5) is 25.6. The summed E-state index contributed by atoms with van der Waals surface area (Å²) < 4.78 is 16.1. The highest BCUT2D eigenvalue weighted by Gasteiger charge is 2.26. The number of rotatable bonds is 8. The Hall–Kier alpha value is -3.60. The maximum absolute atomic E-state index is 13.0. The van der Waals surface area contributed by atoms with Crippen LogP contribution in [0.2, 0.25) is 0 Å². The van der Waals surface area contributed by atoms with E-state index in [4.69, 9.17) is 14.2 Å². The molecule has 3 rings (SSSR count). The van der Waals surface area contributed by atoms with Crippen LogP contribution in [-0.4, -0.2) is 26.0 Å². The predicted molar refractivity (Wildman–Crippen MR) is 109 cm³/mol. The van der Waals surface area contributed by atoms with Crippen molar-refractivity contribution in [2.24, 2.45) is 0 Å². The van der Waals surface area contributed by atoms with Gasteiger partial charge >= 0.3 is 5.97 Å². The summed E-state index contributed by atoms with van der Waals surface area (Å²) in [5.74, 6) is 0.330. The number of carbonyl (C=O) groups is 2. The fraction of sp³-hybridized carbons (Fsp3) is 0.167. The van der Waals surface area contributed by atoms with Crippen molar-refractivity contribution in [3.8, 4) is 11.5 Å². The fourth-order valence-corrected chi connectivity index (χ4v) is 2.98. The zero-order valence-electron chi connectivity index (χ0n) is 16.3. The summed E-state index contributed by atoms with van der Waals surface area (Å²) in [6.07, 6.45) is -1.00. The quantitative estimate of drug-likeness (QED) is 0.421. The predicted octanol–water partition coefficient (Wildman–Crippen LogP) is 4.41. The molecule has 0 aliphatic rings. The van der Waals surface area contributed by atoms with Crippen molar-refractivity contribution < 1.29 is 23.8 Å². The average molecular weight is 390 g/mol. The first-order chi connectivity index (χ1) is 14.1. The van der Waals surface area contributed by atoms with Crippen LogP contribution in [0.5, 0.6) is 11.5 Å². The molecular formula is C24H22O5. The minimum Gasteiger partial charge on any atom is -0.493 e. The van der Waals surface area contributed by atoms with Gasteiger partial charge in [-0.2, -0.15) is 0 Å². The van der Waals surface area contributed by atoms with E-state index >= 15 is 0 Å². The minimum atomic E-state index is -1.01. The summed E-state index contributed by atoms with van der Waals surface area (Å²) in [6.45, 7) is 0. The third-order valence-corrected chi connectivity index (χ3v) is 4.44. The molecule has 0 saturated carbocycles. The van der Waals surface area contributed by atoms with E-state index in [9.17, 15) is 9.59 Å². The van der Waals surface area contributed by atoms with Crippen LogP contribution >= 0.6 is 0 Å². The highest BCUT2D eigenvalue weighted by atomic mass is 16.5. The Morgan fingerprint density at radius 1 is 0.793 bits per heavy atom. The molecular weight excluding hydrogens is 368 g/mol. The Kier molecular flexibility index (Phi) is 6.63. The molecule has 0 fully saturated rings. The molecule has 0 aliphatic heterocycles. The molecule has 29 heavy (non-hydrogen) atoms. The summed E-state index contributed by atoms with van der Waals surface area (Å²) in [5, 5.41) is 0. The first-order valence-corrected chi connectivity index (χ1v) is 9.17. The van der Waals surface area contributed by atoms with E-state index in [1.54, 1.807) is 61.7 Å². The van der Waals surface area contributed by atoms with E-state index < -0.39 is 12.1 Å². The molecule has 0 saturated heterocycles. The Labute approximate surface area is 169 Å². The minimum absolute atomic E-state index is 0.00571. The maximum atomic E-state index is 13.0. The van der Waals surface area contributed by atoms with E-state index in [1.807, 2.05) is 24.3 Å². The molecule has 3 aromatic rings. The number of esters is 1. The Bertz CT molecular complexity index is 967. The zero-order valence-corrected chi connectivity index (χ0v) is 16.3. The van der Waals surface area contributed by atoms with Crippen LogP contribution in [0.15, 0.2) is 78.9 Å². The lowest BCUT2D eigenvalue weighted by molar-refractivity contribution is -0.146. The molecule has 5 heteroatoms. The lowest BCUT2D eigenvalue weighted by atomic mass is 10.00. The topological polar surface area (TPSA) is 61.8 Å². The summed E-state index contributed by atoms with van der Waals surface area (Å²) >= 11 is 0. The fourth-order valence-electron chi connectivity index (χ4n) is 2.98. The number of ether oxygens (including phenoxy) is 3. The van der Waals surface area contributed by atoms with Crippen molar-refractivity contribution in [3.05, 3.63) is 95.6 Å². The number of hydrogen-bond acceptors (Lipinski definition) is 5. The van der Waals surface area contributed by atoms with Crippen LogP contribution in [-0.2, 0) is 16.0 Å². The lowest BCUT2D eigenvalue weighted by Crippen LogP contribution is -2.21. The normalized spacial score (nSPS) is 11.4. The number of benzene rings is 3. The highest BCUT2D eigenvalue weighted by Crippen LogP contribution is 2.28. The molecule has 0 aromatic heterocycles. The molecule has 3 aromatic carbocycles. The maximum Gasteiger partial charge on any atom is 0.311 e. The largest absolute Gasteiger partial charge is 0.493 e. The van der Waals surface area contributed by atoms with E-state index in [2.05, 4.69) is 0 Å². The van der Waals surface area contributed by atoms with Gasteiger partial charge in [-0.15, -0.1) is 0 Å². The van der Waals surface area contributed by atoms with E-state index in [0.29, 0.717) is 28.2 Å². The summed E-state index contributed by atoms with van der Waals surface area (Å²) in [5.41, 5.74) is 1.81. The van der Waals surface area contributed by atoms with Gasteiger partial charge in [-0.3, -0.25) is 9.59 Å². The van der Waals surface area contributed by atoms with Gasteiger partial charge in [0.25, 0.3) is 0 Å². The van der Waals surface area contributed by atoms with Gasteiger partial charge in [-0.25, -0.2) is 0 Å². The number of ketones is 1. The number of Topliss-reactive ketones (excluding diaryl/α,β-unsaturated/α-hetero) is 1. The van der Waals surface area contributed by atoms with Crippen LogP contribution in [0.3, 0.4) is 0 Å². The zero-order chi connectivity index (χ0) is 20.6. The van der Waals surface area contributed by atoms with Gasteiger partial charge in [0.05, 0.1) is 20.6 Å². The summed E-state index contributed by atoms with van der Waals surface area (Å²) in [7, 11) is 3.08. The van der Waals surface area contributed by atoms with E-state index in [-0.39, 0.29) is 12.2 Å². The Balaban J connectivity index is 1.81. The van der Waals surface area contributed by atoms with Gasteiger partial charge in [0.2, 0.25) is 5.78 Å². The highest BCUT2D eigenvalue weighted by molar-refractivity contribution is 6.01. The SMILES string of the molecule is COc1ccc(CC(=O)O[C@@H](C(=O)c2ccccc2)c2ccccc2)cc1OC. The molecule has 0 bridgehead atoms. The third-order valence-electron chi connectivity index (χ3n) is 4.44. The molecule has 0 heterocycles. The number of hydrogen-bond donors (Lipinski definition) is 0. The molecule has 0 radical (unpaired) electrons. The van der Waals surface area contributed by atoms with Crippen molar-refractivity contribution >= 4 is 11.8 Å². The van der Waals surface area contributed by atoms with Crippen molar-refractivity contribution in [2.45, 2.75) is 12.5 Å². The molecule has 1 atom stereocenters. The first kappa shape index (κ1) is 20.1. The van der Waals surface area contributed by atoms with Gasteiger partial charge in [-0.1, -0.05) is 66.7 Å². The molecule has 0 aliphatic carbocycles. The van der Waals surface area contributed by atoms with Crippen molar-refractivity contribution in [3.63, 3.8) is 0 Å². The van der Waals surface area contributed by atoms with Crippen molar-refractivity contribution in [1.29, 1.82) is 0 Å². The van der Waals surface area contributed by atoms with Crippen LogP contribution in [0.4, 0.5) is 0 Å². The van der Waals surface area contributed by atoms with Crippen LogP contribution < -0.4 is 9.47 Å².